The summed E-state index contributed by atoms with van der Waals surface area (Å²) in [5.74, 6) is 0. The van der Waals surface area contributed by atoms with Crippen LogP contribution in [0.1, 0.15) is 71.6 Å². The third kappa shape index (κ3) is 9.76. The van der Waals surface area contributed by atoms with Gasteiger partial charge in [0.05, 0.1) is 14.2 Å². The first-order chi connectivity index (χ1) is 9.45. The van der Waals surface area contributed by atoms with Crippen LogP contribution in [0.15, 0.2) is 12.7 Å². The average molecular weight is 299 g/mol. The van der Waals surface area contributed by atoms with Gasteiger partial charge in [0.25, 0.3) is 0 Å². The van der Waals surface area contributed by atoms with Gasteiger partial charge in [0.1, 0.15) is 0 Å². The van der Waals surface area contributed by atoms with E-state index < -0.39 is 8.07 Å². The van der Waals surface area contributed by atoms with Crippen molar-refractivity contribution in [2.24, 2.45) is 0 Å². The molecule has 0 unspecified atom stereocenters. The van der Waals surface area contributed by atoms with Gasteiger partial charge in [0.2, 0.25) is 0 Å². The molecule has 0 radical (unpaired) electrons. The molecule has 2 atom stereocenters. The summed E-state index contributed by atoms with van der Waals surface area (Å²) in [5, 5.41) is 0. The van der Waals surface area contributed by atoms with Crippen LogP contribution < -0.4 is 0 Å². The predicted molar refractivity (Wildman–Crippen MR) is 95.1 cm³/mol. The largest absolute Gasteiger partial charge is 0.378 e. The van der Waals surface area contributed by atoms with E-state index in [1.165, 1.54) is 51.4 Å². The summed E-state index contributed by atoms with van der Waals surface area (Å²) in [6, 6.07) is 0. The topological polar surface area (TPSA) is 9.23 Å². The smallest absolute Gasteiger partial charge is 0.0785 e. The molecule has 0 aromatic carbocycles. The van der Waals surface area contributed by atoms with Gasteiger partial charge in [-0.05, 0) is 19.3 Å². The van der Waals surface area contributed by atoms with Crippen LogP contribution in [0.3, 0.4) is 0 Å². The molecule has 0 rings (SSSR count). The normalized spacial score (nSPS) is 15.1. The third-order valence-electron chi connectivity index (χ3n) is 3.95. The molecule has 0 amide bonds. The first-order valence-electron chi connectivity index (χ1n) is 8.72. The molecule has 0 heterocycles. The zero-order valence-electron chi connectivity index (χ0n) is 14.7. The molecule has 0 aliphatic carbocycles. The quantitative estimate of drug-likeness (QED) is 0.218. The second-order valence-electron chi connectivity index (χ2n) is 7.13. The first kappa shape index (κ1) is 19.9. The molecule has 0 aromatic heterocycles. The minimum Gasteiger partial charge on any atom is -0.378 e. The second kappa shape index (κ2) is 11.6. The number of hydrogen-bond donors (Lipinski definition) is 0. The van der Waals surface area contributed by atoms with E-state index in [-0.39, 0.29) is 0 Å². The summed E-state index contributed by atoms with van der Waals surface area (Å²) >= 11 is 0. The van der Waals surface area contributed by atoms with Crippen LogP contribution in [0, 0.1) is 0 Å². The molecule has 0 aliphatic heterocycles. The van der Waals surface area contributed by atoms with Gasteiger partial charge >= 0.3 is 0 Å². The van der Waals surface area contributed by atoms with E-state index in [2.05, 4.69) is 40.1 Å². The van der Waals surface area contributed by atoms with E-state index in [4.69, 9.17) is 4.74 Å². The van der Waals surface area contributed by atoms with Crippen LogP contribution in [0.4, 0.5) is 0 Å². The van der Waals surface area contributed by atoms with E-state index in [1.807, 2.05) is 6.08 Å². The highest BCUT2D eigenvalue weighted by Crippen LogP contribution is 2.23. The summed E-state index contributed by atoms with van der Waals surface area (Å²) in [4.78, 5) is 0. The zero-order chi connectivity index (χ0) is 15.4. The summed E-state index contributed by atoms with van der Waals surface area (Å²) in [6.45, 7) is 15.8. The monoisotopic (exact) mass is 298 g/mol. The molecule has 0 bridgehead atoms. The third-order valence-corrected chi connectivity index (χ3v) is 6.31. The number of ether oxygens (including phenoxy) is 1. The van der Waals surface area contributed by atoms with Crippen molar-refractivity contribution >= 4 is 8.07 Å². The van der Waals surface area contributed by atoms with Gasteiger partial charge in [0.15, 0.2) is 0 Å². The van der Waals surface area contributed by atoms with Gasteiger partial charge in [-0.2, -0.15) is 0 Å². The SMILES string of the molecule is C=CC[C@H](CCCCC)O[C@@H](CCCCC)[Si](C)(C)C. The van der Waals surface area contributed by atoms with Crippen LogP contribution in [-0.2, 0) is 4.74 Å². The molecular formula is C18H38OSi. The Labute approximate surface area is 129 Å². The minimum atomic E-state index is -1.23. The maximum absolute atomic E-state index is 6.54. The summed E-state index contributed by atoms with van der Waals surface area (Å²) in [7, 11) is -1.23. The van der Waals surface area contributed by atoms with E-state index in [0.29, 0.717) is 11.8 Å². The molecule has 0 aromatic rings. The van der Waals surface area contributed by atoms with E-state index in [1.54, 1.807) is 0 Å². The van der Waals surface area contributed by atoms with Gasteiger partial charge in [0, 0.05) is 5.73 Å². The van der Waals surface area contributed by atoms with E-state index in [9.17, 15) is 0 Å². The lowest BCUT2D eigenvalue weighted by Gasteiger charge is -2.33. The lowest BCUT2D eigenvalue weighted by Crippen LogP contribution is -2.42. The van der Waals surface area contributed by atoms with Gasteiger partial charge in [-0.1, -0.05) is 78.1 Å². The van der Waals surface area contributed by atoms with Gasteiger partial charge in [-0.25, -0.2) is 0 Å². The van der Waals surface area contributed by atoms with Crippen molar-refractivity contribution in [1.82, 2.24) is 0 Å². The lowest BCUT2D eigenvalue weighted by molar-refractivity contribution is 0.0156. The Bertz CT molecular complexity index is 232. The summed E-state index contributed by atoms with van der Waals surface area (Å²) < 4.78 is 6.54. The van der Waals surface area contributed by atoms with Gasteiger partial charge in [-0.15, -0.1) is 6.58 Å². The maximum atomic E-state index is 6.54. The molecule has 0 fully saturated rings. The first-order valence-corrected chi connectivity index (χ1v) is 12.3. The van der Waals surface area contributed by atoms with Crippen LogP contribution in [-0.4, -0.2) is 19.9 Å². The molecule has 2 heteroatoms. The maximum Gasteiger partial charge on any atom is 0.0785 e. The van der Waals surface area contributed by atoms with E-state index in [0.717, 1.165) is 6.42 Å². The van der Waals surface area contributed by atoms with Gasteiger partial charge in [-0.3, -0.25) is 0 Å². The highest BCUT2D eigenvalue weighted by Gasteiger charge is 2.29. The molecule has 0 saturated heterocycles. The lowest BCUT2D eigenvalue weighted by atomic mass is 10.1. The molecule has 20 heavy (non-hydrogen) atoms. The summed E-state index contributed by atoms with van der Waals surface area (Å²) in [5.41, 5.74) is 0.514. The number of unbranched alkanes of at least 4 members (excludes halogenated alkanes) is 4. The Kier molecular flexibility index (Phi) is 11.5. The molecule has 0 spiro atoms. The Balaban J connectivity index is 4.41. The Hall–Kier alpha value is -0.0831. The van der Waals surface area contributed by atoms with Crippen LogP contribution in [0.25, 0.3) is 0 Å². The molecule has 0 N–H and O–H groups in total. The zero-order valence-corrected chi connectivity index (χ0v) is 15.7. The van der Waals surface area contributed by atoms with Crippen LogP contribution in [0.5, 0.6) is 0 Å². The van der Waals surface area contributed by atoms with Crippen molar-refractivity contribution in [3.05, 3.63) is 12.7 Å². The van der Waals surface area contributed by atoms with Crippen LogP contribution in [0.2, 0.25) is 19.6 Å². The highest BCUT2D eigenvalue weighted by atomic mass is 28.3. The summed E-state index contributed by atoms with van der Waals surface area (Å²) in [6.07, 6.45) is 13.8. The van der Waals surface area contributed by atoms with Crippen molar-refractivity contribution in [2.75, 3.05) is 0 Å². The Morgan fingerprint density at radius 2 is 1.50 bits per heavy atom. The van der Waals surface area contributed by atoms with E-state index >= 15 is 0 Å². The molecule has 0 aliphatic rings. The fourth-order valence-corrected chi connectivity index (χ4v) is 4.24. The van der Waals surface area contributed by atoms with Crippen molar-refractivity contribution in [3.63, 3.8) is 0 Å². The van der Waals surface area contributed by atoms with Crippen molar-refractivity contribution in [2.45, 2.75) is 103 Å². The standard InChI is InChI=1S/C18H38OSi/c1-7-10-12-15-17(14-9-3)19-18(20(4,5)6)16-13-11-8-2/h9,17-18H,3,7-8,10-16H2,1-2,4-6H3/t17-,18-/m1/s1. The Morgan fingerprint density at radius 3 is 1.95 bits per heavy atom. The second-order valence-corrected chi connectivity index (χ2v) is 12.5. The molecule has 120 valence electrons. The molecular weight excluding hydrogens is 260 g/mol. The van der Waals surface area contributed by atoms with Crippen molar-refractivity contribution < 1.29 is 4.74 Å². The van der Waals surface area contributed by atoms with Crippen molar-refractivity contribution in [1.29, 1.82) is 0 Å². The number of rotatable bonds is 13. The fraction of sp³-hybridized carbons (Fsp3) is 0.889. The minimum absolute atomic E-state index is 0.400. The predicted octanol–water partition coefficient (Wildman–Crippen LogP) is 6.35. The molecule has 1 nitrogen and oxygen atoms in total. The number of hydrogen-bond acceptors (Lipinski definition) is 1. The van der Waals surface area contributed by atoms with Crippen LogP contribution >= 0.6 is 0 Å². The molecule has 0 saturated carbocycles. The van der Waals surface area contributed by atoms with Gasteiger partial charge < -0.3 is 4.74 Å². The van der Waals surface area contributed by atoms with Crippen molar-refractivity contribution in [3.8, 4) is 0 Å². The Morgan fingerprint density at radius 1 is 0.950 bits per heavy atom. The average Bonchev–Trinajstić information content (AvgIpc) is 2.37. The highest BCUT2D eigenvalue weighted by molar-refractivity contribution is 6.77. The fourth-order valence-electron chi connectivity index (χ4n) is 2.57.